The monoisotopic (exact) mass is 269 g/mol. The van der Waals surface area contributed by atoms with Crippen molar-refractivity contribution in [2.45, 2.75) is 6.54 Å². The normalized spacial score (nSPS) is 10.6. The van der Waals surface area contributed by atoms with Gasteiger partial charge in [0.25, 0.3) is 5.69 Å². The number of nitrogens with one attached hydrogen (secondary N) is 1. The molecule has 7 heteroatoms. The molecule has 0 fully saturated rings. The highest BCUT2D eigenvalue weighted by molar-refractivity contribution is 5.47. The molecule has 100 valence electrons. The van der Waals surface area contributed by atoms with Gasteiger partial charge in [-0.15, -0.1) is 0 Å². The summed E-state index contributed by atoms with van der Waals surface area (Å²) in [7, 11) is 0. The van der Waals surface area contributed by atoms with Crippen LogP contribution in [0.4, 0.5) is 11.5 Å². The van der Waals surface area contributed by atoms with Crippen LogP contribution in [0.15, 0.2) is 48.8 Å². The van der Waals surface area contributed by atoms with Gasteiger partial charge in [-0.3, -0.25) is 10.1 Å². The summed E-state index contributed by atoms with van der Waals surface area (Å²) < 4.78 is 1.65. The number of nitrogens with zero attached hydrogens (tertiary/aromatic N) is 4. The highest BCUT2D eigenvalue weighted by Crippen LogP contribution is 2.18. The molecule has 0 saturated heterocycles. The van der Waals surface area contributed by atoms with Gasteiger partial charge in [0.15, 0.2) is 5.65 Å². The first-order valence-electron chi connectivity index (χ1n) is 6.00. The van der Waals surface area contributed by atoms with Crippen molar-refractivity contribution in [1.82, 2.24) is 14.6 Å². The summed E-state index contributed by atoms with van der Waals surface area (Å²) in [5.74, 6) is 0.649. The number of hydrogen-bond donors (Lipinski definition) is 1. The predicted molar refractivity (Wildman–Crippen MR) is 73.4 cm³/mol. The largest absolute Gasteiger partial charge is 0.366 e. The molecule has 0 saturated carbocycles. The summed E-state index contributed by atoms with van der Waals surface area (Å²) >= 11 is 0. The maximum atomic E-state index is 10.9. The third-order valence-corrected chi connectivity index (χ3v) is 2.91. The molecular formula is C13H11N5O2. The fourth-order valence-corrected chi connectivity index (χ4v) is 1.94. The Kier molecular flexibility index (Phi) is 3.00. The van der Waals surface area contributed by atoms with Gasteiger partial charge in [0.05, 0.1) is 11.1 Å². The molecule has 1 aromatic carbocycles. The lowest BCUT2D eigenvalue weighted by molar-refractivity contribution is -0.385. The molecule has 3 aromatic rings. The van der Waals surface area contributed by atoms with E-state index in [2.05, 4.69) is 15.4 Å². The number of rotatable bonds is 4. The molecule has 7 nitrogen and oxygen atoms in total. The van der Waals surface area contributed by atoms with Gasteiger partial charge in [0.2, 0.25) is 0 Å². The van der Waals surface area contributed by atoms with E-state index in [0.717, 1.165) is 5.65 Å². The third kappa shape index (κ3) is 2.28. The van der Waals surface area contributed by atoms with Crippen molar-refractivity contribution < 1.29 is 4.92 Å². The first kappa shape index (κ1) is 12.1. The van der Waals surface area contributed by atoms with E-state index in [1.165, 1.54) is 6.07 Å². The molecule has 3 rings (SSSR count). The van der Waals surface area contributed by atoms with Crippen LogP contribution in [0.2, 0.25) is 0 Å². The van der Waals surface area contributed by atoms with Crippen molar-refractivity contribution in [3.8, 4) is 0 Å². The zero-order valence-electron chi connectivity index (χ0n) is 10.4. The topological polar surface area (TPSA) is 85.4 Å². The molecule has 1 N–H and O–H groups in total. The van der Waals surface area contributed by atoms with E-state index in [1.54, 1.807) is 47.2 Å². The number of anilines is 1. The lowest BCUT2D eigenvalue weighted by Crippen LogP contribution is -2.05. The van der Waals surface area contributed by atoms with Gasteiger partial charge in [-0.25, -0.2) is 9.50 Å². The molecule has 20 heavy (non-hydrogen) atoms. The molecule has 0 aliphatic carbocycles. The smallest absolute Gasteiger partial charge is 0.274 e. The lowest BCUT2D eigenvalue weighted by atomic mass is 10.2. The number of nitro groups is 1. The van der Waals surface area contributed by atoms with Crippen molar-refractivity contribution in [2.75, 3.05) is 5.32 Å². The van der Waals surface area contributed by atoms with Crippen molar-refractivity contribution in [3.63, 3.8) is 0 Å². The van der Waals surface area contributed by atoms with Gasteiger partial charge < -0.3 is 5.32 Å². The molecular weight excluding hydrogens is 258 g/mol. The first-order valence-corrected chi connectivity index (χ1v) is 6.00. The average Bonchev–Trinajstić information content (AvgIpc) is 2.92. The van der Waals surface area contributed by atoms with E-state index < -0.39 is 0 Å². The second-order valence-corrected chi connectivity index (χ2v) is 4.19. The number of benzene rings is 1. The quantitative estimate of drug-likeness (QED) is 0.580. The number of para-hydroxylation sites is 1. The molecule has 0 aliphatic heterocycles. The maximum absolute atomic E-state index is 10.9. The number of fused-ring (bicyclic) bond motifs is 1. The van der Waals surface area contributed by atoms with E-state index in [-0.39, 0.29) is 10.6 Å². The molecule has 0 aliphatic rings. The molecule has 2 aromatic heterocycles. The van der Waals surface area contributed by atoms with Crippen LogP contribution in [0.1, 0.15) is 5.56 Å². The summed E-state index contributed by atoms with van der Waals surface area (Å²) in [5.41, 5.74) is 1.44. The summed E-state index contributed by atoms with van der Waals surface area (Å²) in [6.45, 7) is 0.342. The van der Waals surface area contributed by atoms with E-state index in [0.29, 0.717) is 17.9 Å². The van der Waals surface area contributed by atoms with Crippen molar-refractivity contribution >= 4 is 17.2 Å². The van der Waals surface area contributed by atoms with Crippen LogP contribution in [0.3, 0.4) is 0 Å². The number of aromatic nitrogens is 3. The lowest BCUT2D eigenvalue weighted by Gasteiger charge is -2.06. The standard InChI is InChI=1S/C13H11N5O2/c19-18(20)11-4-2-1-3-10(11)9-14-12-6-8-17-13(16-12)5-7-15-17/h1-8H,9H2,(H,14,16). The number of nitro benzene ring substituents is 1. The minimum Gasteiger partial charge on any atom is -0.366 e. The Labute approximate surface area is 114 Å². The molecule has 0 atom stereocenters. The average molecular weight is 269 g/mol. The van der Waals surface area contributed by atoms with Crippen LogP contribution in [-0.2, 0) is 6.54 Å². The van der Waals surface area contributed by atoms with E-state index in [4.69, 9.17) is 0 Å². The molecule has 0 radical (unpaired) electrons. The van der Waals surface area contributed by atoms with Crippen LogP contribution < -0.4 is 5.32 Å². The van der Waals surface area contributed by atoms with E-state index in [1.807, 2.05) is 0 Å². The maximum Gasteiger partial charge on any atom is 0.274 e. The predicted octanol–water partition coefficient (Wildman–Crippen LogP) is 2.25. The van der Waals surface area contributed by atoms with E-state index >= 15 is 0 Å². The highest BCUT2D eigenvalue weighted by atomic mass is 16.6. The Morgan fingerprint density at radius 1 is 1.25 bits per heavy atom. The number of hydrogen-bond acceptors (Lipinski definition) is 5. The van der Waals surface area contributed by atoms with Gasteiger partial charge in [-0.05, 0) is 6.07 Å². The summed E-state index contributed by atoms with van der Waals surface area (Å²) in [5, 5.41) is 18.1. The van der Waals surface area contributed by atoms with Crippen molar-refractivity contribution in [1.29, 1.82) is 0 Å². The van der Waals surface area contributed by atoms with Gasteiger partial charge in [-0.2, -0.15) is 5.10 Å². The zero-order valence-corrected chi connectivity index (χ0v) is 10.4. The minimum absolute atomic E-state index is 0.102. The molecule has 0 spiro atoms. The molecule has 0 amide bonds. The van der Waals surface area contributed by atoms with Gasteiger partial charge >= 0.3 is 0 Å². The Balaban J connectivity index is 1.80. The summed E-state index contributed by atoms with van der Waals surface area (Å²) in [6, 6.07) is 10.2. The third-order valence-electron chi connectivity index (χ3n) is 2.91. The van der Waals surface area contributed by atoms with Crippen molar-refractivity contribution in [2.24, 2.45) is 0 Å². The van der Waals surface area contributed by atoms with Gasteiger partial charge in [0, 0.05) is 30.4 Å². The second-order valence-electron chi connectivity index (χ2n) is 4.19. The Morgan fingerprint density at radius 3 is 2.95 bits per heavy atom. The van der Waals surface area contributed by atoms with Crippen LogP contribution in [0.5, 0.6) is 0 Å². The summed E-state index contributed by atoms with van der Waals surface area (Å²) in [6.07, 6.45) is 3.44. The first-order chi connectivity index (χ1) is 9.74. The van der Waals surface area contributed by atoms with Gasteiger partial charge in [-0.1, -0.05) is 18.2 Å². The minimum atomic E-state index is -0.384. The Bertz CT molecular complexity index is 768. The van der Waals surface area contributed by atoms with Crippen molar-refractivity contribution in [3.05, 3.63) is 64.5 Å². The fraction of sp³-hybridized carbons (Fsp3) is 0.0769. The fourth-order valence-electron chi connectivity index (χ4n) is 1.94. The molecule has 0 unspecified atom stereocenters. The van der Waals surface area contributed by atoms with Crippen LogP contribution in [0.25, 0.3) is 5.65 Å². The SMILES string of the molecule is O=[N+]([O-])c1ccccc1CNc1ccn2nccc2n1. The van der Waals surface area contributed by atoms with Gasteiger partial charge in [0.1, 0.15) is 5.82 Å². The zero-order chi connectivity index (χ0) is 13.9. The highest BCUT2D eigenvalue weighted by Gasteiger charge is 2.11. The van der Waals surface area contributed by atoms with Crippen LogP contribution in [-0.4, -0.2) is 19.5 Å². The molecule has 0 bridgehead atoms. The summed E-state index contributed by atoms with van der Waals surface area (Å²) in [4.78, 5) is 14.9. The molecule has 2 heterocycles. The van der Waals surface area contributed by atoms with E-state index in [9.17, 15) is 10.1 Å². The Morgan fingerprint density at radius 2 is 2.10 bits per heavy atom. The van der Waals surface area contributed by atoms with Crippen LogP contribution in [0, 0.1) is 10.1 Å². The Hall–Kier alpha value is -2.96. The second kappa shape index (κ2) is 4.96. The van der Waals surface area contributed by atoms with Crippen LogP contribution >= 0.6 is 0 Å².